The van der Waals surface area contributed by atoms with E-state index in [1.54, 1.807) is 0 Å². The maximum Gasteiger partial charge on any atom is 0.410 e. The number of alkyl halides is 2. The van der Waals surface area contributed by atoms with Crippen LogP contribution in [0.2, 0.25) is 0 Å². The van der Waals surface area contributed by atoms with E-state index in [0.717, 1.165) is 35.5 Å². The Labute approximate surface area is 185 Å². The summed E-state index contributed by atoms with van der Waals surface area (Å²) in [5, 5.41) is -3.16. The van der Waals surface area contributed by atoms with Gasteiger partial charge in [-0.05, 0) is 60.5 Å². The Balaban J connectivity index is 1.83. The predicted molar refractivity (Wildman–Crippen MR) is 117 cm³/mol. The number of benzene rings is 1. The molecule has 1 amide bonds. The maximum atomic E-state index is 13.1. The second-order valence-corrected chi connectivity index (χ2v) is 11.5. The third-order valence-corrected chi connectivity index (χ3v) is 8.68. The number of hydrogen-bond donors (Lipinski definition) is 1. The van der Waals surface area contributed by atoms with Crippen molar-refractivity contribution in [1.82, 2.24) is 5.32 Å². The molecule has 174 valence electrons. The summed E-state index contributed by atoms with van der Waals surface area (Å²) in [5.41, 5.74) is 1.78. The second kappa shape index (κ2) is 11.4. The van der Waals surface area contributed by atoms with E-state index in [1.165, 1.54) is 12.8 Å². The summed E-state index contributed by atoms with van der Waals surface area (Å²) in [6.07, 6.45) is 4.94. The van der Waals surface area contributed by atoms with Crippen molar-refractivity contribution >= 4 is 32.7 Å². The van der Waals surface area contributed by atoms with Gasteiger partial charge in [0.1, 0.15) is 11.5 Å². The molecule has 1 aliphatic rings. The van der Waals surface area contributed by atoms with Gasteiger partial charge in [0.2, 0.25) is 5.78 Å². The van der Waals surface area contributed by atoms with Gasteiger partial charge in [-0.25, -0.2) is 8.42 Å². The number of Topliss-reactive ketones (excluding diaryl/α,β-unsaturated/α-hetero) is 1. The van der Waals surface area contributed by atoms with Crippen LogP contribution < -0.4 is 5.32 Å². The Kier molecular flexibility index (Phi) is 9.45. The zero-order chi connectivity index (χ0) is 23.1. The lowest BCUT2D eigenvalue weighted by atomic mass is 9.90. The summed E-state index contributed by atoms with van der Waals surface area (Å²) in [4.78, 5) is 23.9. The molecular formula is C21H29F2NO5S2. The standard InChI is InChI=1S/C21H29F2NO5S2/c1-2-16(8-3-4-11-24-20(26)21(22,23)31(27,28)29)17-9-7-10-18(14-17)19(25)15-30-12-5-6-13-30/h7,9-10,14,16H,2-6,8,11-13,15H2,1H3,(H-,24,26,27,28,29). The van der Waals surface area contributed by atoms with E-state index < -0.39 is 21.3 Å². The molecule has 1 saturated heterocycles. The molecule has 1 aromatic rings. The van der Waals surface area contributed by atoms with Gasteiger partial charge >= 0.3 is 11.2 Å². The fourth-order valence-electron chi connectivity index (χ4n) is 3.63. The number of rotatable bonds is 12. The van der Waals surface area contributed by atoms with E-state index in [2.05, 4.69) is 0 Å². The van der Waals surface area contributed by atoms with Crippen molar-refractivity contribution in [2.75, 3.05) is 23.8 Å². The number of ketones is 1. The zero-order valence-corrected chi connectivity index (χ0v) is 19.2. The average molecular weight is 478 g/mol. The number of unbranched alkanes of at least 4 members (excludes halogenated alkanes) is 1. The van der Waals surface area contributed by atoms with Crippen molar-refractivity contribution < 1.29 is 31.3 Å². The Morgan fingerprint density at radius 2 is 1.90 bits per heavy atom. The van der Waals surface area contributed by atoms with Crippen LogP contribution >= 0.6 is 0 Å². The van der Waals surface area contributed by atoms with Crippen molar-refractivity contribution in [2.24, 2.45) is 0 Å². The third kappa shape index (κ3) is 7.25. The van der Waals surface area contributed by atoms with Crippen LogP contribution in [0.4, 0.5) is 8.78 Å². The molecule has 1 N–H and O–H groups in total. The van der Waals surface area contributed by atoms with Crippen LogP contribution in [-0.4, -0.2) is 53.7 Å². The van der Waals surface area contributed by atoms with Crippen molar-refractivity contribution in [3.05, 3.63) is 35.4 Å². The molecule has 0 bridgehead atoms. The van der Waals surface area contributed by atoms with E-state index >= 15 is 0 Å². The lowest BCUT2D eigenvalue weighted by Crippen LogP contribution is -2.46. The second-order valence-electron chi connectivity index (χ2n) is 7.75. The largest absolute Gasteiger partial charge is 0.743 e. The minimum Gasteiger partial charge on any atom is -0.743 e. The molecule has 6 nitrogen and oxygen atoms in total. The molecule has 0 spiro atoms. The van der Waals surface area contributed by atoms with E-state index in [0.29, 0.717) is 18.6 Å². The Morgan fingerprint density at radius 3 is 2.52 bits per heavy atom. The maximum absolute atomic E-state index is 13.1. The summed E-state index contributed by atoms with van der Waals surface area (Å²) in [6, 6.07) is 7.65. The fraction of sp³-hybridized carbons (Fsp3) is 0.619. The Hall–Kier alpha value is -1.52. The van der Waals surface area contributed by atoms with Crippen LogP contribution in [-0.2, 0) is 25.8 Å². The molecule has 0 saturated carbocycles. The van der Waals surface area contributed by atoms with Crippen molar-refractivity contribution in [2.45, 2.75) is 56.6 Å². The highest BCUT2D eigenvalue weighted by Gasteiger charge is 2.46. The molecule has 1 heterocycles. The minimum absolute atomic E-state index is 0.152. The molecule has 10 heteroatoms. The molecule has 1 fully saturated rings. The van der Waals surface area contributed by atoms with Gasteiger partial charge in [0.05, 0.1) is 0 Å². The Bertz CT molecular complexity index is 870. The number of carbonyl (C=O) groups is 2. The number of halogens is 2. The summed E-state index contributed by atoms with van der Waals surface area (Å²) in [6.45, 7) is 1.88. The molecule has 31 heavy (non-hydrogen) atoms. The monoisotopic (exact) mass is 477 g/mol. The van der Waals surface area contributed by atoms with Gasteiger partial charge in [0.25, 0.3) is 0 Å². The highest BCUT2D eigenvalue weighted by atomic mass is 32.2. The van der Waals surface area contributed by atoms with Crippen LogP contribution in [0, 0.1) is 0 Å². The van der Waals surface area contributed by atoms with Crippen LogP contribution in [0.25, 0.3) is 0 Å². The molecule has 0 radical (unpaired) electrons. The van der Waals surface area contributed by atoms with Gasteiger partial charge in [-0.2, -0.15) is 8.78 Å². The van der Waals surface area contributed by atoms with Gasteiger partial charge in [0.15, 0.2) is 15.9 Å². The van der Waals surface area contributed by atoms with Gasteiger partial charge in [-0.1, -0.05) is 31.5 Å². The first-order valence-corrected chi connectivity index (χ1v) is 13.6. The van der Waals surface area contributed by atoms with E-state index in [4.69, 9.17) is 0 Å². The van der Waals surface area contributed by atoms with Crippen LogP contribution in [0.1, 0.15) is 67.3 Å². The molecular weight excluding hydrogens is 448 g/mol. The van der Waals surface area contributed by atoms with Gasteiger partial charge < -0.3 is 9.87 Å². The molecule has 1 aromatic carbocycles. The number of carbonyl (C=O) groups excluding carboxylic acids is 2. The summed E-state index contributed by atoms with van der Waals surface area (Å²) in [7, 11) is -5.83. The molecule has 0 aromatic heterocycles. The topological polar surface area (TPSA) is 103 Å². The van der Waals surface area contributed by atoms with E-state index in [-0.39, 0.29) is 29.1 Å². The molecule has 0 aliphatic carbocycles. The number of amides is 1. The normalized spacial score (nSPS) is 16.3. The number of nitrogens with one attached hydrogen (secondary N) is 1. The van der Waals surface area contributed by atoms with E-state index in [9.17, 15) is 31.3 Å². The summed E-state index contributed by atoms with van der Waals surface area (Å²) < 4.78 is 57.6. The van der Waals surface area contributed by atoms with Gasteiger partial charge in [0, 0.05) is 12.1 Å². The highest BCUT2D eigenvalue weighted by molar-refractivity contribution is 7.97. The Morgan fingerprint density at radius 1 is 1.23 bits per heavy atom. The lowest BCUT2D eigenvalue weighted by Gasteiger charge is -2.19. The smallest absolute Gasteiger partial charge is 0.410 e. The van der Waals surface area contributed by atoms with Crippen molar-refractivity contribution in [3.63, 3.8) is 0 Å². The van der Waals surface area contributed by atoms with Gasteiger partial charge in [-0.3, -0.25) is 9.59 Å². The van der Waals surface area contributed by atoms with Crippen LogP contribution in [0.3, 0.4) is 0 Å². The van der Waals surface area contributed by atoms with Crippen LogP contribution in [0.15, 0.2) is 24.3 Å². The van der Waals surface area contributed by atoms with Crippen molar-refractivity contribution in [1.29, 1.82) is 0 Å². The first kappa shape index (κ1) is 25.7. The van der Waals surface area contributed by atoms with E-state index in [1.807, 2.05) is 36.5 Å². The average Bonchev–Trinajstić information content (AvgIpc) is 3.22. The first-order chi connectivity index (χ1) is 14.6. The summed E-state index contributed by atoms with van der Waals surface area (Å²) >= 11 is 0. The molecule has 1 unspecified atom stereocenters. The molecule has 1 atom stereocenters. The zero-order valence-electron chi connectivity index (χ0n) is 17.6. The minimum atomic E-state index is -6.04. The highest BCUT2D eigenvalue weighted by Crippen LogP contribution is 2.27. The van der Waals surface area contributed by atoms with Crippen LogP contribution in [0.5, 0.6) is 0 Å². The first-order valence-electron chi connectivity index (χ1n) is 10.4. The number of hydrogen-bond acceptors (Lipinski definition) is 5. The quantitative estimate of drug-likeness (QED) is 0.216. The predicted octanol–water partition coefficient (Wildman–Crippen LogP) is 3.20. The SMILES string of the molecule is CCC(CCCCNC(=O)C(F)(F)S(=O)(=O)[O-])c1cccc(C(=O)C[S+]2CCCC2)c1. The summed E-state index contributed by atoms with van der Waals surface area (Å²) in [5.74, 6) is 1.17. The third-order valence-electron chi connectivity index (χ3n) is 5.47. The van der Waals surface area contributed by atoms with Crippen molar-refractivity contribution in [3.8, 4) is 0 Å². The van der Waals surface area contributed by atoms with Gasteiger partial charge in [-0.15, -0.1) is 0 Å². The molecule has 2 rings (SSSR count). The lowest BCUT2D eigenvalue weighted by molar-refractivity contribution is -0.136. The molecule has 1 aliphatic heterocycles. The fourth-order valence-corrected chi connectivity index (χ4v) is 6.19.